The van der Waals surface area contributed by atoms with Crippen LogP contribution in [0.5, 0.6) is 0 Å². The van der Waals surface area contributed by atoms with Crippen LogP contribution < -0.4 is 5.32 Å². The predicted molar refractivity (Wildman–Crippen MR) is 73.4 cm³/mol. The maximum atomic E-state index is 9.24. The average molecular weight is 256 g/mol. The van der Waals surface area contributed by atoms with Gasteiger partial charge in [0.2, 0.25) is 0 Å². The summed E-state index contributed by atoms with van der Waals surface area (Å²) in [6, 6.07) is 11.9. The number of ether oxygens (including phenoxy) is 1. The van der Waals surface area contributed by atoms with Crippen molar-refractivity contribution in [3.05, 3.63) is 41.6 Å². The molecule has 0 amide bonds. The zero-order valence-corrected chi connectivity index (χ0v) is 11.1. The summed E-state index contributed by atoms with van der Waals surface area (Å²) in [5, 5.41) is 16.9. The van der Waals surface area contributed by atoms with E-state index in [2.05, 4.69) is 16.5 Å². The van der Waals surface area contributed by atoms with Crippen molar-refractivity contribution in [2.45, 2.75) is 6.92 Å². The average Bonchev–Trinajstić information content (AvgIpc) is 2.76. The molecule has 0 atom stereocenters. The molecule has 0 aliphatic rings. The first-order chi connectivity index (χ1) is 9.27. The van der Waals surface area contributed by atoms with Crippen LogP contribution in [0.15, 0.2) is 30.3 Å². The quantitative estimate of drug-likeness (QED) is 0.832. The van der Waals surface area contributed by atoms with Gasteiger partial charge in [-0.25, -0.2) is 4.68 Å². The zero-order chi connectivity index (χ0) is 13.7. The molecule has 2 rings (SSSR count). The highest BCUT2D eigenvalue weighted by Crippen LogP contribution is 2.22. The van der Waals surface area contributed by atoms with Gasteiger partial charge in [0.25, 0.3) is 0 Å². The van der Waals surface area contributed by atoms with E-state index in [4.69, 9.17) is 4.74 Å². The Kier molecular flexibility index (Phi) is 4.16. The SMILES string of the molecule is COCCNc1c(C#N)c(C)nn1-c1ccccc1. The Morgan fingerprint density at radius 3 is 2.74 bits per heavy atom. The fourth-order valence-corrected chi connectivity index (χ4v) is 1.85. The fourth-order valence-electron chi connectivity index (χ4n) is 1.85. The number of benzene rings is 1. The molecular weight excluding hydrogens is 240 g/mol. The minimum Gasteiger partial charge on any atom is -0.383 e. The van der Waals surface area contributed by atoms with Crippen LogP contribution >= 0.6 is 0 Å². The molecule has 5 nitrogen and oxygen atoms in total. The van der Waals surface area contributed by atoms with Crippen molar-refractivity contribution in [2.75, 3.05) is 25.6 Å². The lowest BCUT2D eigenvalue weighted by Gasteiger charge is -2.09. The highest BCUT2D eigenvalue weighted by molar-refractivity contribution is 5.58. The molecule has 0 radical (unpaired) electrons. The van der Waals surface area contributed by atoms with Crippen molar-refractivity contribution in [2.24, 2.45) is 0 Å². The summed E-state index contributed by atoms with van der Waals surface area (Å²) in [6.45, 7) is 3.03. The lowest BCUT2D eigenvalue weighted by molar-refractivity contribution is 0.210. The molecule has 0 saturated carbocycles. The first-order valence-corrected chi connectivity index (χ1v) is 6.06. The van der Waals surface area contributed by atoms with Gasteiger partial charge in [0, 0.05) is 13.7 Å². The molecule has 2 aromatic rings. The molecule has 1 N–H and O–H groups in total. The molecule has 0 saturated heterocycles. The first kappa shape index (κ1) is 13.1. The van der Waals surface area contributed by atoms with Gasteiger partial charge in [-0.1, -0.05) is 18.2 Å². The molecule has 0 spiro atoms. The summed E-state index contributed by atoms with van der Waals surface area (Å²) in [5.74, 6) is 0.711. The van der Waals surface area contributed by atoms with Crippen LogP contribution in [0.2, 0.25) is 0 Å². The van der Waals surface area contributed by atoms with E-state index in [0.29, 0.717) is 30.2 Å². The summed E-state index contributed by atoms with van der Waals surface area (Å²) >= 11 is 0. The van der Waals surface area contributed by atoms with Crippen molar-refractivity contribution in [1.82, 2.24) is 9.78 Å². The number of methoxy groups -OCH3 is 1. The lowest BCUT2D eigenvalue weighted by Crippen LogP contribution is -2.12. The van der Waals surface area contributed by atoms with Crippen molar-refractivity contribution < 1.29 is 4.74 Å². The Balaban J connectivity index is 2.40. The third-order valence-corrected chi connectivity index (χ3v) is 2.77. The number of aromatic nitrogens is 2. The summed E-state index contributed by atoms with van der Waals surface area (Å²) in [4.78, 5) is 0. The van der Waals surface area contributed by atoms with Gasteiger partial charge in [-0.05, 0) is 19.1 Å². The van der Waals surface area contributed by atoms with Crippen molar-refractivity contribution >= 4 is 5.82 Å². The monoisotopic (exact) mass is 256 g/mol. The topological polar surface area (TPSA) is 62.9 Å². The van der Waals surface area contributed by atoms with Crippen molar-refractivity contribution in [3.8, 4) is 11.8 Å². The summed E-state index contributed by atoms with van der Waals surface area (Å²) in [7, 11) is 1.65. The first-order valence-electron chi connectivity index (χ1n) is 6.06. The number of hydrogen-bond acceptors (Lipinski definition) is 4. The summed E-state index contributed by atoms with van der Waals surface area (Å²) in [5.41, 5.74) is 2.21. The van der Waals surface area contributed by atoms with Crippen LogP contribution in [-0.2, 0) is 4.74 Å². The van der Waals surface area contributed by atoms with Crippen LogP contribution in [0.1, 0.15) is 11.3 Å². The molecular formula is C14H16N4O. The van der Waals surface area contributed by atoms with E-state index in [9.17, 15) is 5.26 Å². The molecule has 1 heterocycles. The lowest BCUT2D eigenvalue weighted by atomic mass is 10.2. The Morgan fingerprint density at radius 1 is 1.37 bits per heavy atom. The number of nitrogens with zero attached hydrogens (tertiary/aromatic N) is 3. The number of nitriles is 1. The van der Waals surface area contributed by atoms with E-state index in [0.717, 1.165) is 5.69 Å². The molecule has 0 aliphatic heterocycles. The number of aryl methyl sites for hydroxylation is 1. The van der Waals surface area contributed by atoms with Gasteiger partial charge < -0.3 is 10.1 Å². The molecule has 98 valence electrons. The molecule has 1 aromatic carbocycles. The molecule has 1 aromatic heterocycles. The minimum absolute atomic E-state index is 0.569. The van der Waals surface area contributed by atoms with Crippen LogP contribution in [-0.4, -0.2) is 30.0 Å². The van der Waals surface area contributed by atoms with Gasteiger partial charge in [-0.3, -0.25) is 0 Å². The number of anilines is 1. The van der Waals surface area contributed by atoms with Crippen LogP contribution in [0, 0.1) is 18.3 Å². The van der Waals surface area contributed by atoms with E-state index >= 15 is 0 Å². The summed E-state index contributed by atoms with van der Waals surface area (Å²) < 4.78 is 6.77. The third-order valence-electron chi connectivity index (χ3n) is 2.77. The standard InChI is InChI=1S/C14H16N4O/c1-11-13(10-15)14(16-8-9-19-2)18(17-11)12-6-4-3-5-7-12/h3-7,16H,8-9H2,1-2H3. The summed E-state index contributed by atoms with van der Waals surface area (Å²) in [6.07, 6.45) is 0. The van der Waals surface area contributed by atoms with Crippen molar-refractivity contribution in [3.63, 3.8) is 0 Å². The highest BCUT2D eigenvalue weighted by atomic mass is 16.5. The Labute approximate surface area is 112 Å². The zero-order valence-electron chi connectivity index (χ0n) is 11.1. The third kappa shape index (κ3) is 2.75. The van der Waals surface area contributed by atoms with E-state index in [-0.39, 0.29) is 0 Å². The predicted octanol–water partition coefficient (Wildman–Crippen LogP) is 2.11. The minimum atomic E-state index is 0.569. The molecule has 5 heteroatoms. The number of para-hydroxylation sites is 1. The van der Waals surface area contributed by atoms with Crippen molar-refractivity contribution in [1.29, 1.82) is 5.26 Å². The molecule has 0 unspecified atom stereocenters. The largest absolute Gasteiger partial charge is 0.383 e. The maximum absolute atomic E-state index is 9.24. The molecule has 0 aliphatic carbocycles. The highest BCUT2D eigenvalue weighted by Gasteiger charge is 2.15. The second-order valence-corrected chi connectivity index (χ2v) is 4.09. The van der Waals surface area contributed by atoms with Gasteiger partial charge in [0.15, 0.2) is 0 Å². The van der Waals surface area contributed by atoms with Gasteiger partial charge >= 0.3 is 0 Å². The fraction of sp³-hybridized carbons (Fsp3) is 0.286. The normalized spacial score (nSPS) is 10.2. The van der Waals surface area contributed by atoms with E-state index in [1.54, 1.807) is 11.8 Å². The Morgan fingerprint density at radius 2 is 2.11 bits per heavy atom. The van der Waals surface area contributed by atoms with Crippen LogP contribution in [0.3, 0.4) is 0 Å². The van der Waals surface area contributed by atoms with E-state index in [1.165, 1.54) is 0 Å². The van der Waals surface area contributed by atoms with E-state index < -0.39 is 0 Å². The maximum Gasteiger partial charge on any atom is 0.148 e. The molecule has 0 bridgehead atoms. The Bertz CT molecular complexity index is 583. The number of rotatable bonds is 5. The second-order valence-electron chi connectivity index (χ2n) is 4.09. The van der Waals surface area contributed by atoms with Crippen LogP contribution in [0.25, 0.3) is 5.69 Å². The van der Waals surface area contributed by atoms with E-state index in [1.807, 2.05) is 37.3 Å². The van der Waals surface area contributed by atoms with Crippen LogP contribution in [0.4, 0.5) is 5.82 Å². The molecule has 0 fully saturated rings. The second kappa shape index (κ2) is 6.03. The van der Waals surface area contributed by atoms with Gasteiger partial charge in [0.05, 0.1) is 18.0 Å². The van der Waals surface area contributed by atoms with Gasteiger partial charge in [-0.15, -0.1) is 0 Å². The number of hydrogen-bond donors (Lipinski definition) is 1. The van der Waals surface area contributed by atoms with Gasteiger partial charge in [0.1, 0.15) is 17.5 Å². The number of nitrogens with one attached hydrogen (secondary N) is 1. The Hall–Kier alpha value is -2.32. The smallest absolute Gasteiger partial charge is 0.148 e. The van der Waals surface area contributed by atoms with Gasteiger partial charge in [-0.2, -0.15) is 10.4 Å². The molecule has 19 heavy (non-hydrogen) atoms.